The van der Waals surface area contributed by atoms with Gasteiger partial charge in [-0.1, -0.05) is 57.0 Å². The molecule has 4 heteroatoms. The molecule has 0 aliphatic rings. The van der Waals surface area contributed by atoms with Crippen molar-refractivity contribution in [2.45, 2.75) is 51.9 Å². The number of methoxy groups -OCH3 is 2. The van der Waals surface area contributed by atoms with Crippen LogP contribution in [0.5, 0.6) is 11.5 Å². The molecule has 0 aliphatic heterocycles. The van der Waals surface area contributed by atoms with Crippen molar-refractivity contribution >= 4 is 17.3 Å². The van der Waals surface area contributed by atoms with Gasteiger partial charge in [0.15, 0.2) is 0 Å². The third-order valence-corrected chi connectivity index (χ3v) is 3.87. The van der Waals surface area contributed by atoms with Crippen LogP contribution in [-0.2, 0) is 0 Å². The van der Waals surface area contributed by atoms with Gasteiger partial charge >= 0.3 is 0 Å². The maximum atomic E-state index is 6.09. The zero-order valence-corrected chi connectivity index (χ0v) is 14.3. The minimum Gasteiger partial charge on any atom is -0.495 e. The number of hydrogen-bond acceptors (Lipinski definition) is 3. The molecule has 0 atom stereocenters. The predicted octanol–water partition coefficient (Wildman–Crippen LogP) is 5.52. The second kappa shape index (κ2) is 10.6. The summed E-state index contributed by atoms with van der Waals surface area (Å²) in [5.74, 6) is 1.42. The van der Waals surface area contributed by atoms with E-state index in [0.29, 0.717) is 10.8 Å². The van der Waals surface area contributed by atoms with Crippen molar-refractivity contribution in [1.29, 1.82) is 0 Å². The highest BCUT2D eigenvalue weighted by molar-refractivity contribution is 6.32. The minimum absolute atomic E-state index is 0.566. The zero-order chi connectivity index (χ0) is 15.5. The average Bonchev–Trinajstić information content (AvgIpc) is 2.50. The monoisotopic (exact) mass is 313 g/mol. The van der Waals surface area contributed by atoms with E-state index in [4.69, 9.17) is 21.1 Å². The third-order valence-electron chi connectivity index (χ3n) is 3.57. The molecule has 0 fully saturated rings. The van der Waals surface area contributed by atoms with Crippen molar-refractivity contribution in [2.75, 3.05) is 26.1 Å². The Hall–Kier alpha value is -1.09. The van der Waals surface area contributed by atoms with E-state index in [1.54, 1.807) is 20.3 Å². The summed E-state index contributed by atoms with van der Waals surface area (Å²) in [6.45, 7) is 3.19. The molecule has 120 valence electrons. The molecule has 0 aliphatic carbocycles. The van der Waals surface area contributed by atoms with Gasteiger partial charge in [-0.25, -0.2) is 0 Å². The maximum Gasteiger partial charge on any atom is 0.143 e. The molecule has 1 aromatic rings. The Kier molecular flexibility index (Phi) is 9.07. The van der Waals surface area contributed by atoms with Gasteiger partial charge in [0.1, 0.15) is 11.5 Å². The van der Waals surface area contributed by atoms with Crippen molar-refractivity contribution in [3.63, 3.8) is 0 Å². The lowest BCUT2D eigenvalue weighted by molar-refractivity contribution is 0.404. The van der Waals surface area contributed by atoms with Crippen LogP contribution in [0.3, 0.4) is 0 Å². The van der Waals surface area contributed by atoms with Gasteiger partial charge in [-0.2, -0.15) is 0 Å². The second-order valence-corrected chi connectivity index (χ2v) is 5.64. The van der Waals surface area contributed by atoms with E-state index in [9.17, 15) is 0 Å². The molecule has 1 aromatic carbocycles. The zero-order valence-electron chi connectivity index (χ0n) is 13.5. The van der Waals surface area contributed by atoms with Crippen LogP contribution in [-0.4, -0.2) is 20.8 Å². The fraction of sp³-hybridized carbons (Fsp3) is 0.647. The molecule has 0 amide bonds. The smallest absolute Gasteiger partial charge is 0.143 e. The Morgan fingerprint density at radius 3 is 2.14 bits per heavy atom. The fourth-order valence-electron chi connectivity index (χ4n) is 2.30. The number of hydrogen-bond donors (Lipinski definition) is 1. The first-order chi connectivity index (χ1) is 10.2. The summed E-state index contributed by atoms with van der Waals surface area (Å²) >= 11 is 6.09. The Morgan fingerprint density at radius 2 is 1.52 bits per heavy atom. The summed E-state index contributed by atoms with van der Waals surface area (Å²) in [7, 11) is 3.27. The highest BCUT2D eigenvalue weighted by atomic mass is 35.5. The normalized spacial score (nSPS) is 10.5. The van der Waals surface area contributed by atoms with Crippen LogP contribution in [0.2, 0.25) is 5.02 Å². The quantitative estimate of drug-likeness (QED) is 0.546. The Balaban J connectivity index is 2.34. The van der Waals surface area contributed by atoms with Crippen LogP contribution < -0.4 is 14.8 Å². The van der Waals surface area contributed by atoms with Gasteiger partial charge in [0.05, 0.1) is 24.9 Å². The largest absolute Gasteiger partial charge is 0.495 e. The van der Waals surface area contributed by atoms with Crippen LogP contribution in [0, 0.1) is 0 Å². The molecule has 3 nitrogen and oxygen atoms in total. The summed E-state index contributed by atoms with van der Waals surface area (Å²) in [4.78, 5) is 0. The van der Waals surface area contributed by atoms with E-state index in [1.165, 1.54) is 44.9 Å². The summed E-state index contributed by atoms with van der Waals surface area (Å²) in [5.41, 5.74) is 0.935. The van der Waals surface area contributed by atoms with E-state index in [-0.39, 0.29) is 0 Å². The molecule has 0 aromatic heterocycles. The van der Waals surface area contributed by atoms with Crippen molar-refractivity contribution < 1.29 is 9.47 Å². The van der Waals surface area contributed by atoms with Gasteiger partial charge in [-0.05, 0) is 6.42 Å². The number of rotatable bonds is 11. The Morgan fingerprint density at radius 1 is 0.905 bits per heavy atom. The molecule has 1 N–H and O–H groups in total. The number of halogens is 1. The van der Waals surface area contributed by atoms with Gasteiger partial charge in [0.25, 0.3) is 0 Å². The van der Waals surface area contributed by atoms with E-state index in [1.807, 2.05) is 6.07 Å². The molecule has 0 heterocycles. The first kappa shape index (κ1) is 18.0. The van der Waals surface area contributed by atoms with Crippen LogP contribution in [0.15, 0.2) is 12.1 Å². The van der Waals surface area contributed by atoms with Crippen molar-refractivity contribution in [3.8, 4) is 11.5 Å². The highest BCUT2D eigenvalue weighted by Crippen LogP contribution is 2.35. The van der Waals surface area contributed by atoms with Gasteiger partial charge in [0, 0.05) is 18.7 Å². The summed E-state index contributed by atoms with van der Waals surface area (Å²) in [5, 5.41) is 3.97. The molecule has 0 radical (unpaired) electrons. The number of ether oxygens (including phenoxy) is 2. The van der Waals surface area contributed by atoms with Gasteiger partial charge in [-0.3, -0.25) is 0 Å². The molecular formula is C17H28ClNO2. The van der Waals surface area contributed by atoms with Gasteiger partial charge < -0.3 is 14.8 Å². The highest BCUT2D eigenvalue weighted by Gasteiger charge is 2.09. The predicted molar refractivity (Wildman–Crippen MR) is 91.0 cm³/mol. The molecular weight excluding hydrogens is 286 g/mol. The van der Waals surface area contributed by atoms with Gasteiger partial charge in [-0.15, -0.1) is 0 Å². The first-order valence-corrected chi connectivity index (χ1v) is 8.26. The van der Waals surface area contributed by atoms with Crippen LogP contribution >= 0.6 is 11.6 Å². The topological polar surface area (TPSA) is 30.5 Å². The van der Waals surface area contributed by atoms with Crippen molar-refractivity contribution in [1.82, 2.24) is 0 Å². The number of anilines is 1. The lowest BCUT2D eigenvalue weighted by Gasteiger charge is -2.13. The van der Waals surface area contributed by atoms with Crippen LogP contribution in [0.25, 0.3) is 0 Å². The molecule has 0 unspecified atom stereocenters. The SMILES string of the molecule is CCCCCCCCCNc1cc(OC)c(Cl)cc1OC. The Bertz CT molecular complexity index is 410. The van der Waals surface area contributed by atoms with Gasteiger partial charge in [0.2, 0.25) is 0 Å². The summed E-state index contributed by atoms with van der Waals surface area (Å²) < 4.78 is 10.6. The van der Waals surface area contributed by atoms with Crippen molar-refractivity contribution in [2.24, 2.45) is 0 Å². The van der Waals surface area contributed by atoms with E-state index >= 15 is 0 Å². The minimum atomic E-state index is 0.566. The number of unbranched alkanes of at least 4 members (excludes halogenated alkanes) is 6. The van der Waals surface area contributed by atoms with Crippen LogP contribution in [0.1, 0.15) is 51.9 Å². The van der Waals surface area contributed by atoms with Crippen LogP contribution in [0.4, 0.5) is 5.69 Å². The first-order valence-electron chi connectivity index (χ1n) is 7.88. The molecule has 0 bridgehead atoms. The molecule has 1 rings (SSSR count). The molecule has 21 heavy (non-hydrogen) atoms. The van der Waals surface area contributed by atoms with E-state index in [2.05, 4.69) is 12.2 Å². The lowest BCUT2D eigenvalue weighted by Crippen LogP contribution is -2.04. The van der Waals surface area contributed by atoms with E-state index in [0.717, 1.165) is 18.0 Å². The summed E-state index contributed by atoms with van der Waals surface area (Å²) in [6, 6.07) is 3.68. The second-order valence-electron chi connectivity index (χ2n) is 5.24. The lowest BCUT2D eigenvalue weighted by atomic mass is 10.1. The number of nitrogens with one attached hydrogen (secondary N) is 1. The number of benzene rings is 1. The molecule has 0 saturated carbocycles. The van der Waals surface area contributed by atoms with Crippen molar-refractivity contribution in [3.05, 3.63) is 17.2 Å². The summed E-state index contributed by atoms with van der Waals surface area (Å²) in [6.07, 6.45) is 9.14. The fourth-order valence-corrected chi connectivity index (χ4v) is 2.53. The molecule has 0 saturated heterocycles. The Labute approximate surface area is 134 Å². The average molecular weight is 314 g/mol. The third kappa shape index (κ3) is 6.47. The standard InChI is InChI=1S/C17H28ClNO2/c1-4-5-6-7-8-9-10-11-19-15-13-16(20-2)14(18)12-17(15)21-3/h12-13,19H,4-11H2,1-3H3. The maximum absolute atomic E-state index is 6.09. The molecule has 0 spiro atoms. The van der Waals surface area contributed by atoms with E-state index < -0.39 is 0 Å².